The van der Waals surface area contributed by atoms with Crippen molar-refractivity contribution in [3.05, 3.63) is 60.6 Å². The van der Waals surface area contributed by atoms with E-state index in [1.165, 1.54) is 16.2 Å². The number of hydrogen-bond acceptors (Lipinski definition) is 6. The van der Waals surface area contributed by atoms with Crippen LogP contribution in [-0.2, 0) is 14.8 Å². The van der Waals surface area contributed by atoms with Crippen LogP contribution in [0.3, 0.4) is 0 Å². The average molecular weight is 386 g/mol. The molecule has 8 nitrogen and oxygen atoms in total. The first-order valence-corrected chi connectivity index (χ1v) is 9.64. The van der Waals surface area contributed by atoms with Crippen LogP contribution in [0.1, 0.15) is 12.0 Å². The van der Waals surface area contributed by atoms with Crippen LogP contribution in [0.2, 0.25) is 0 Å². The number of carboxylic acid groups (broad SMARTS) is 1. The molecular weight excluding hydrogens is 368 g/mol. The lowest BCUT2D eigenvalue weighted by Gasteiger charge is -2.12. The highest BCUT2D eigenvalue weighted by Crippen LogP contribution is 2.30. The van der Waals surface area contributed by atoms with Gasteiger partial charge in [-0.1, -0.05) is 12.1 Å². The molecule has 0 fully saturated rings. The molecule has 0 radical (unpaired) electrons. The summed E-state index contributed by atoms with van der Waals surface area (Å²) >= 11 is 0. The molecule has 0 unspecified atom stereocenters. The molecule has 0 saturated carbocycles. The van der Waals surface area contributed by atoms with Gasteiger partial charge in [0.2, 0.25) is 0 Å². The van der Waals surface area contributed by atoms with Gasteiger partial charge in [-0.05, 0) is 42.8 Å². The van der Waals surface area contributed by atoms with Gasteiger partial charge in [-0.25, -0.2) is 8.96 Å². The number of rotatable bonds is 3. The van der Waals surface area contributed by atoms with Gasteiger partial charge in [0.15, 0.2) is 5.03 Å². The molecule has 0 spiro atoms. The maximum absolute atomic E-state index is 13.0. The lowest BCUT2D eigenvalue weighted by molar-refractivity contribution is -0.122. The van der Waals surface area contributed by atoms with Crippen molar-refractivity contribution in [3.8, 4) is 0 Å². The van der Waals surface area contributed by atoms with E-state index in [0.717, 1.165) is 30.6 Å². The summed E-state index contributed by atoms with van der Waals surface area (Å²) in [5.41, 5.74) is 3.25. The van der Waals surface area contributed by atoms with Crippen molar-refractivity contribution in [1.29, 1.82) is 0 Å². The summed E-state index contributed by atoms with van der Waals surface area (Å²) < 4.78 is 27.3. The van der Waals surface area contributed by atoms with E-state index < -0.39 is 10.0 Å². The van der Waals surface area contributed by atoms with E-state index in [2.05, 4.69) is 21.4 Å². The summed E-state index contributed by atoms with van der Waals surface area (Å²) in [7, 11) is -3.76. The van der Waals surface area contributed by atoms with Crippen molar-refractivity contribution in [1.82, 2.24) is 19.3 Å². The van der Waals surface area contributed by atoms with Crippen molar-refractivity contribution >= 4 is 33.1 Å². The van der Waals surface area contributed by atoms with Gasteiger partial charge in [0, 0.05) is 30.7 Å². The molecule has 0 amide bonds. The van der Waals surface area contributed by atoms with Crippen LogP contribution in [-0.4, -0.2) is 47.0 Å². The molecule has 0 saturated heterocycles. The fraction of sp³-hybridized carbons (Fsp3) is 0.167. The molecule has 3 aromatic rings. The summed E-state index contributed by atoms with van der Waals surface area (Å²) in [4.78, 5) is 16.8. The molecule has 140 valence electrons. The van der Waals surface area contributed by atoms with Crippen LogP contribution in [0.4, 0.5) is 0 Å². The summed E-state index contributed by atoms with van der Waals surface area (Å²) in [6, 6.07) is 8.38. The quantitative estimate of drug-likeness (QED) is 0.659. The van der Waals surface area contributed by atoms with Crippen molar-refractivity contribution in [3.63, 3.8) is 0 Å². The minimum Gasteiger partial charge on any atom is -0.483 e. The van der Waals surface area contributed by atoms with E-state index in [0.29, 0.717) is 11.0 Å². The topological polar surface area (TPSA) is 114 Å². The molecule has 1 aliphatic rings. The molecule has 27 heavy (non-hydrogen) atoms. The molecule has 1 aliphatic heterocycles. The summed E-state index contributed by atoms with van der Waals surface area (Å²) in [6.45, 7) is 1.40. The van der Waals surface area contributed by atoms with Crippen LogP contribution >= 0.6 is 0 Å². The van der Waals surface area contributed by atoms with Gasteiger partial charge in [0.05, 0.1) is 11.0 Å². The Bertz CT molecular complexity index is 1080. The number of pyridine rings is 2. The monoisotopic (exact) mass is 386 g/mol. The number of aromatic nitrogens is 3. The predicted octanol–water partition coefficient (Wildman–Crippen LogP) is 1.75. The van der Waals surface area contributed by atoms with Gasteiger partial charge in [-0.2, -0.15) is 8.42 Å². The second-order valence-corrected chi connectivity index (χ2v) is 7.43. The lowest BCUT2D eigenvalue weighted by atomic mass is 10.0. The van der Waals surface area contributed by atoms with Crippen LogP contribution in [0.25, 0.3) is 16.6 Å². The third kappa shape index (κ3) is 3.74. The van der Waals surface area contributed by atoms with Gasteiger partial charge >= 0.3 is 0 Å². The van der Waals surface area contributed by atoms with Crippen LogP contribution in [0.15, 0.2) is 60.0 Å². The summed E-state index contributed by atoms with van der Waals surface area (Å²) in [6.07, 6.45) is 7.76. The van der Waals surface area contributed by atoms with E-state index in [9.17, 15) is 8.42 Å². The molecule has 0 aliphatic carbocycles. The van der Waals surface area contributed by atoms with Crippen LogP contribution in [0.5, 0.6) is 0 Å². The van der Waals surface area contributed by atoms with Crippen LogP contribution < -0.4 is 5.32 Å². The number of fused-ring (bicyclic) bond motifs is 1. The highest BCUT2D eigenvalue weighted by Gasteiger charge is 2.24. The Morgan fingerprint density at radius 3 is 2.59 bits per heavy atom. The SMILES string of the molecule is O=CO.O=S(=O)(c1ccccn1)n1cc(C2=CCNCC2)c2ncccc21. The number of nitrogens with zero attached hydrogens (tertiary/aromatic N) is 3. The zero-order chi connectivity index (χ0) is 19.3. The number of hydrogen-bond donors (Lipinski definition) is 2. The molecule has 3 aromatic heterocycles. The number of nitrogens with one attached hydrogen (secondary N) is 1. The van der Waals surface area contributed by atoms with Gasteiger partial charge < -0.3 is 10.4 Å². The molecule has 0 aromatic carbocycles. The van der Waals surface area contributed by atoms with E-state index in [1.54, 1.807) is 36.7 Å². The Hall–Kier alpha value is -3.04. The summed E-state index contributed by atoms with van der Waals surface area (Å²) in [5.74, 6) is 0. The molecule has 2 N–H and O–H groups in total. The molecule has 4 heterocycles. The molecular formula is C18H18N4O4S. The second-order valence-electron chi connectivity index (χ2n) is 5.67. The first kappa shape index (κ1) is 18.7. The van der Waals surface area contributed by atoms with E-state index in [1.807, 2.05) is 0 Å². The third-order valence-electron chi connectivity index (χ3n) is 4.10. The third-order valence-corrected chi connectivity index (χ3v) is 5.69. The van der Waals surface area contributed by atoms with E-state index in [4.69, 9.17) is 9.90 Å². The molecule has 0 bridgehead atoms. The zero-order valence-corrected chi connectivity index (χ0v) is 15.1. The Balaban J connectivity index is 0.000000659. The van der Waals surface area contributed by atoms with E-state index >= 15 is 0 Å². The van der Waals surface area contributed by atoms with Crippen LogP contribution in [0, 0.1) is 0 Å². The Kier molecular flexibility index (Phi) is 5.63. The van der Waals surface area contributed by atoms with E-state index in [-0.39, 0.29) is 11.5 Å². The normalized spacial score (nSPS) is 14.1. The fourth-order valence-corrected chi connectivity index (χ4v) is 4.23. The largest absolute Gasteiger partial charge is 0.483 e. The first-order chi connectivity index (χ1) is 13.1. The fourth-order valence-electron chi connectivity index (χ4n) is 2.93. The minimum atomic E-state index is -3.76. The molecule has 9 heteroatoms. The maximum Gasteiger partial charge on any atom is 0.290 e. The highest BCUT2D eigenvalue weighted by atomic mass is 32.2. The highest BCUT2D eigenvalue weighted by molar-refractivity contribution is 7.90. The Morgan fingerprint density at radius 2 is 1.93 bits per heavy atom. The Labute approximate surface area is 156 Å². The standard InChI is InChI=1S/C17H16N4O2S.CH2O2/c22-24(23,16-5-1-2-8-19-16)21-12-14(13-6-10-18-11-7-13)17-15(21)4-3-9-20-17;2-1-3/h1-6,8-9,12,18H,7,10-11H2;1H,(H,2,3). The molecule has 4 rings (SSSR count). The second kappa shape index (κ2) is 8.11. The lowest BCUT2D eigenvalue weighted by Crippen LogP contribution is -2.20. The minimum absolute atomic E-state index is 0.0246. The van der Waals surface area contributed by atoms with Gasteiger partial charge in [0.1, 0.15) is 0 Å². The number of carbonyl (C=O) groups is 1. The van der Waals surface area contributed by atoms with Crippen molar-refractivity contribution < 1.29 is 18.3 Å². The van der Waals surface area contributed by atoms with Crippen molar-refractivity contribution in [2.45, 2.75) is 11.4 Å². The maximum atomic E-state index is 13.0. The van der Waals surface area contributed by atoms with Gasteiger partial charge in [0.25, 0.3) is 16.5 Å². The van der Waals surface area contributed by atoms with Gasteiger partial charge in [-0.15, -0.1) is 0 Å². The smallest absolute Gasteiger partial charge is 0.290 e. The van der Waals surface area contributed by atoms with Crippen molar-refractivity contribution in [2.24, 2.45) is 0 Å². The zero-order valence-electron chi connectivity index (χ0n) is 14.3. The summed E-state index contributed by atoms with van der Waals surface area (Å²) in [5, 5.41) is 10.2. The van der Waals surface area contributed by atoms with Gasteiger partial charge in [-0.3, -0.25) is 9.78 Å². The molecule has 0 atom stereocenters. The predicted molar refractivity (Wildman–Crippen MR) is 101 cm³/mol. The Morgan fingerprint density at radius 1 is 1.15 bits per heavy atom. The average Bonchev–Trinajstić information content (AvgIpc) is 3.10. The van der Waals surface area contributed by atoms with Crippen molar-refractivity contribution in [2.75, 3.05) is 13.1 Å². The first-order valence-electron chi connectivity index (χ1n) is 8.20.